The Morgan fingerprint density at radius 2 is 2.14 bits per heavy atom. The van der Waals surface area contributed by atoms with Crippen molar-refractivity contribution in [2.24, 2.45) is 7.05 Å². The average Bonchev–Trinajstić information content (AvgIpc) is 2.73. The van der Waals surface area contributed by atoms with Gasteiger partial charge >= 0.3 is 5.97 Å². The van der Waals surface area contributed by atoms with E-state index in [9.17, 15) is 9.59 Å². The molecular formula is C13H22N4O4. The Balaban J connectivity index is 2.68. The van der Waals surface area contributed by atoms with Crippen LogP contribution in [0.15, 0.2) is 0 Å². The molecule has 0 bridgehead atoms. The summed E-state index contributed by atoms with van der Waals surface area (Å²) in [5.74, 6) is -1.06. The largest absolute Gasteiger partial charge is 0.448 e. The van der Waals surface area contributed by atoms with Crippen LogP contribution < -0.4 is 11.1 Å². The van der Waals surface area contributed by atoms with Crippen LogP contribution in [-0.4, -0.2) is 48.0 Å². The number of rotatable bonds is 7. The van der Waals surface area contributed by atoms with Gasteiger partial charge in [0.2, 0.25) is 0 Å². The zero-order valence-corrected chi connectivity index (χ0v) is 12.8. The molecule has 0 saturated heterocycles. The number of aromatic nitrogens is 2. The number of hydrogen-bond acceptors (Lipinski definition) is 6. The highest BCUT2D eigenvalue weighted by atomic mass is 16.5. The monoisotopic (exact) mass is 298 g/mol. The van der Waals surface area contributed by atoms with Crippen molar-refractivity contribution in [1.29, 1.82) is 0 Å². The summed E-state index contributed by atoms with van der Waals surface area (Å²) in [6.07, 6.45) is -0.311. The number of amides is 1. The van der Waals surface area contributed by atoms with E-state index in [0.717, 1.165) is 0 Å². The minimum atomic E-state index is -0.922. The fourth-order valence-electron chi connectivity index (χ4n) is 1.79. The fraction of sp³-hybridized carbons (Fsp3) is 0.615. The summed E-state index contributed by atoms with van der Waals surface area (Å²) in [5, 5.41) is 6.73. The van der Waals surface area contributed by atoms with Crippen LogP contribution >= 0.6 is 0 Å². The third kappa shape index (κ3) is 4.19. The Hall–Kier alpha value is -2.09. The van der Waals surface area contributed by atoms with Crippen molar-refractivity contribution in [2.45, 2.75) is 26.4 Å². The molecule has 1 amide bonds. The topological polar surface area (TPSA) is 108 Å². The second-order valence-electron chi connectivity index (χ2n) is 4.52. The van der Waals surface area contributed by atoms with Crippen LogP contribution in [0.4, 0.5) is 5.69 Å². The van der Waals surface area contributed by atoms with Crippen LogP contribution in [0.25, 0.3) is 0 Å². The van der Waals surface area contributed by atoms with Gasteiger partial charge in [0.1, 0.15) is 0 Å². The van der Waals surface area contributed by atoms with Crippen LogP contribution in [0.3, 0.4) is 0 Å². The number of aryl methyl sites for hydroxylation is 2. The highest BCUT2D eigenvalue weighted by Gasteiger charge is 2.24. The molecular weight excluding hydrogens is 276 g/mol. The highest BCUT2D eigenvalue weighted by molar-refractivity contribution is 5.95. The predicted octanol–water partition coefficient (Wildman–Crippen LogP) is -0.127. The van der Waals surface area contributed by atoms with Gasteiger partial charge in [0.15, 0.2) is 11.8 Å². The minimum absolute atomic E-state index is 0.156. The molecule has 1 aromatic heterocycles. The number of hydrogen-bond donors (Lipinski definition) is 2. The van der Waals surface area contributed by atoms with Gasteiger partial charge in [-0.15, -0.1) is 0 Å². The summed E-state index contributed by atoms with van der Waals surface area (Å²) in [6.45, 7) is 4.12. The van der Waals surface area contributed by atoms with Crippen molar-refractivity contribution in [3.63, 3.8) is 0 Å². The Bertz CT molecular complexity index is 513. The molecule has 0 aromatic carbocycles. The van der Waals surface area contributed by atoms with Gasteiger partial charge in [-0.2, -0.15) is 5.10 Å². The molecule has 8 heteroatoms. The number of nitrogen functional groups attached to an aromatic ring is 1. The highest BCUT2D eigenvalue weighted by Crippen LogP contribution is 2.18. The molecule has 0 aliphatic heterocycles. The fourth-order valence-corrected chi connectivity index (χ4v) is 1.79. The molecule has 8 nitrogen and oxygen atoms in total. The first-order chi connectivity index (χ1) is 9.92. The van der Waals surface area contributed by atoms with Crippen LogP contribution in [0.1, 0.15) is 30.0 Å². The Morgan fingerprint density at radius 3 is 2.67 bits per heavy atom. The van der Waals surface area contributed by atoms with Crippen molar-refractivity contribution in [3.05, 3.63) is 11.4 Å². The lowest BCUT2D eigenvalue weighted by Gasteiger charge is -2.13. The third-order valence-corrected chi connectivity index (χ3v) is 2.95. The molecule has 118 valence electrons. The number of carbonyl (C=O) groups is 2. The lowest BCUT2D eigenvalue weighted by molar-refractivity contribution is -0.129. The standard InChI is InChI=1S/C13H22N4O4/c1-5-9-10(14)11(17(3)16-9)13(19)21-8(2)12(18)15-6-7-20-4/h8H,5-7,14H2,1-4H3,(H,15,18). The summed E-state index contributed by atoms with van der Waals surface area (Å²) in [7, 11) is 3.14. The number of esters is 1. The van der Waals surface area contributed by atoms with Crippen molar-refractivity contribution in [1.82, 2.24) is 15.1 Å². The zero-order valence-electron chi connectivity index (χ0n) is 12.8. The van der Waals surface area contributed by atoms with E-state index in [0.29, 0.717) is 25.3 Å². The lowest BCUT2D eigenvalue weighted by atomic mass is 10.2. The molecule has 0 spiro atoms. The van der Waals surface area contributed by atoms with Gasteiger partial charge in [0.05, 0.1) is 18.0 Å². The van der Waals surface area contributed by atoms with Gasteiger partial charge in [-0.25, -0.2) is 4.79 Å². The quantitative estimate of drug-likeness (QED) is 0.536. The van der Waals surface area contributed by atoms with Crippen molar-refractivity contribution >= 4 is 17.6 Å². The second kappa shape index (κ2) is 7.63. The van der Waals surface area contributed by atoms with Gasteiger partial charge in [-0.1, -0.05) is 6.92 Å². The van der Waals surface area contributed by atoms with Crippen LogP contribution in [0.5, 0.6) is 0 Å². The van der Waals surface area contributed by atoms with Gasteiger partial charge in [0.25, 0.3) is 5.91 Å². The van der Waals surface area contributed by atoms with E-state index in [-0.39, 0.29) is 11.4 Å². The molecule has 0 aliphatic carbocycles. The van der Waals surface area contributed by atoms with Crippen LogP contribution in [0.2, 0.25) is 0 Å². The maximum Gasteiger partial charge on any atom is 0.359 e. The summed E-state index contributed by atoms with van der Waals surface area (Å²) < 4.78 is 11.3. The molecule has 21 heavy (non-hydrogen) atoms. The lowest BCUT2D eigenvalue weighted by Crippen LogP contribution is -2.37. The van der Waals surface area contributed by atoms with Gasteiger partial charge in [-0.3, -0.25) is 9.48 Å². The van der Waals surface area contributed by atoms with Crippen molar-refractivity contribution in [2.75, 3.05) is 26.0 Å². The second-order valence-corrected chi connectivity index (χ2v) is 4.52. The number of methoxy groups -OCH3 is 1. The van der Waals surface area contributed by atoms with Gasteiger partial charge in [0, 0.05) is 20.7 Å². The molecule has 1 heterocycles. The zero-order chi connectivity index (χ0) is 16.0. The van der Waals surface area contributed by atoms with E-state index in [2.05, 4.69) is 10.4 Å². The first-order valence-electron chi connectivity index (χ1n) is 6.71. The number of ether oxygens (including phenoxy) is 2. The normalized spacial score (nSPS) is 12.0. The SMILES string of the molecule is CCc1nn(C)c(C(=O)OC(C)C(=O)NCCOC)c1N. The number of carbonyl (C=O) groups excluding carboxylic acids is 2. The summed E-state index contributed by atoms with van der Waals surface area (Å²) in [5.41, 5.74) is 6.94. The number of nitrogens with one attached hydrogen (secondary N) is 1. The summed E-state index contributed by atoms with van der Waals surface area (Å²) in [4.78, 5) is 23.8. The maximum absolute atomic E-state index is 12.1. The number of anilines is 1. The van der Waals surface area contributed by atoms with Crippen LogP contribution in [0, 0.1) is 0 Å². The smallest absolute Gasteiger partial charge is 0.359 e. The molecule has 0 aliphatic rings. The van der Waals surface area contributed by atoms with Crippen molar-refractivity contribution in [3.8, 4) is 0 Å². The van der Waals surface area contributed by atoms with Crippen LogP contribution in [-0.2, 0) is 27.7 Å². The molecule has 1 rings (SSSR count). The molecule has 0 fully saturated rings. The molecule has 1 atom stereocenters. The summed E-state index contributed by atoms with van der Waals surface area (Å²) in [6, 6.07) is 0. The first-order valence-corrected chi connectivity index (χ1v) is 6.71. The molecule has 3 N–H and O–H groups in total. The van der Waals surface area contributed by atoms with Gasteiger partial charge < -0.3 is 20.5 Å². The number of nitrogens with two attached hydrogens (primary N) is 1. The first kappa shape index (κ1) is 17.0. The Morgan fingerprint density at radius 1 is 1.48 bits per heavy atom. The van der Waals surface area contributed by atoms with E-state index in [1.54, 1.807) is 7.05 Å². The average molecular weight is 298 g/mol. The minimum Gasteiger partial charge on any atom is -0.448 e. The van der Waals surface area contributed by atoms with E-state index in [1.807, 2.05) is 6.92 Å². The molecule has 0 saturated carbocycles. The molecule has 1 aromatic rings. The predicted molar refractivity (Wildman–Crippen MR) is 76.8 cm³/mol. The summed E-state index contributed by atoms with van der Waals surface area (Å²) >= 11 is 0. The van der Waals surface area contributed by atoms with Gasteiger partial charge in [-0.05, 0) is 13.3 Å². The Labute approximate surface area is 123 Å². The van der Waals surface area contributed by atoms with E-state index < -0.39 is 18.0 Å². The van der Waals surface area contributed by atoms with Crippen molar-refractivity contribution < 1.29 is 19.1 Å². The van der Waals surface area contributed by atoms with E-state index >= 15 is 0 Å². The Kier molecular flexibility index (Phi) is 6.16. The third-order valence-electron chi connectivity index (χ3n) is 2.95. The van der Waals surface area contributed by atoms with E-state index in [1.165, 1.54) is 18.7 Å². The van der Waals surface area contributed by atoms with E-state index in [4.69, 9.17) is 15.2 Å². The molecule has 0 radical (unpaired) electrons. The maximum atomic E-state index is 12.1. The molecule has 1 unspecified atom stereocenters. The number of nitrogens with zero attached hydrogens (tertiary/aromatic N) is 2.